The smallest absolute Gasteiger partial charge is 0.274 e. The minimum atomic E-state index is -0.246. The van der Waals surface area contributed by atoms with Crippen molar-refractivity contribution in [3.8, 4) is 5.69 Å². The van der Waals surface area contributed by atoms with Gasteiger partial charge in [0.1, 0.15) is 5.69 Å². The molecule has 1 unspecified atom stereocenters. The van der Waals surface area contributed by atoms with E-state index in [0.29, 0.717) is 22.7 Å². The highest BCUT2D eigenvalue weighted by atomic mass is 32.1. The Morgan fingerprint density at radius 1 is 1.13 bits per heavy atom. The van der Waals surface area contributed by atoms with Crippen LogP contribution in [-0.4, -0.2) is 39.4 Å². The lowest BCUT2D eigenvalue weighted by atomic mass is 9.97. The number of piperidine rings is 1. The molecule has 1 saturated heterocycles. The highest BCUT2D eigenvalue weighted by Crippen LogP contribution is 2.20. The Hall–Kier alpha value is -3.23. The van der Waals surface area contributed by atoms with Crippen LogP contribution in [0.5, 0.6) is 0 Å². The highest BCUT2D eigenvalue weighted by molar-refractivity contribution is 7.71. The van der Waals surface area contributed by atoms with Crippen LogP contribution in [-0.2, 0) is 11.3 Å². The van der Waals surface area contributed by atoms with Gasteiger partial charge in [-0.25, -0.2) is 0 Å². The quantitative estimate of drug-likeness (QED) is 0.517. The van der Waals surface area contributed by atoms with E-state index in [2.05, 4.69) is 15.2 Å². The van der Waals surface area contributed by atoms with Gasteiger partial charge in [0, 0.05) is 30.7 Å². The molecule has 8 heteroatoms. The number of H-pyrrole nitrogens is 1. The summed E-state index contributed by atoms with van der Waals surface area (Å²) in [5, 5.41) is 2.93. The van der Waals surface area contributed by atoms with Crippen molar-refractivity contribution in [1.82, 2.24) is 14.5 Å². The molecule has 1 aliphatic rings. The molecule has 4 N–H and O–H groups in total. The Morgan fingerprint density at radius 2 is 1.87 bits per heavy atom. The zero-order valence-electron chi connectivity index (χ0n) is 17.1. The molecule has 0 bridgehead atoms. The maximum absolute atomic E-state index is 12.9. The van der Waals surface area contributed by atoms with Crippen molar-refractivity contribution in [2.45, 2.75) is 19.4 Å². The maximum atomic E-state index is 12.9. The van der Waals surface area contributed by atoms with Gasteiger partial charge in [-0.15, -0.1) is 0 Å². The van der Waals surface area contributed by atoms with Crippen LogP contribution in [0.3, 0.4) is 0 Å². The summed E-state index contributed by atoms with van der Waals surface area (Å²) in [6, 6.07) is 17.3. The molecule has 2 heterocycles. The van der Waals surface area contributed by atoms with E-state index in [1.165, 1.54) is 0 Å². The molecule has 0 radical (unpaired) electrons. The summed E-state index contributed by atoms with van der Waals surface area (Å²) >= 11 is 5.35. The van der Waals surface area contributed by atoms with E-state index in [1.54, 1.807) is 10.8 Å². The fourth-order valence-corrected chi connectivity index (χ4v) is 4.21. The predicted octanol–water partition coefficient (Wildman–Crippen LogP) is 3.48. The van der Waals surface area contributed by atoms with Crippen LogP contribution in [0.15, 0.2) is 60.8 Å². The minimum Gasteiger partial charge on any atom is -0.369 e. The van der Waals surface area contributed by atoms with Gasteiger partial charge in [0.25, 0.3) is 5.91 Å². The number of nitrogens with zero attached hydrogens (tertiary/aromatic N) is 2. The number of nitrogens with two attached hydrogens (primary N) is 1. The van der Waals surface area contributed by atoms with Crippen molar-refractivity contribution in [2.75, 3.05) is 18.4 Å². The Balaban J connectivity index is 1.43. The largest absolute Gasteiger partial charge is 0.369 e. The minimum absolute atomic E-state index is 0.0701. The number of hydrogen-bond acceptors (Lipinski definition) is 4. The molecule has 1 fully saturated rings. The Bertz CT molecular complexity index is 1120. The monoisotopic (exact) mass is 435 g/mol. The van der Waals surface area contributed by atoms with Gasteiger partial charge in [-0.05, 0) is 61.4 Å². The molecular weight excluding hydrogens is 410 g/mol. The molecule has 0 spiro atoms. The van der Waals surface area contributed by atoms with Gasteiger partial charge >= 0.3 is 0 Å². The van der Waals surface area contributed by atoms with Crippen molar-refractivity contribution in [3.05, 3.63) is 76.8 Å². The maximum Gasteiger partial charge on any atom is 0.274 e. The summed E-state index contributed by atoms with van der Waals surface area (Å²) in [5.41, 5.74) is 8.56. The summed E-state index contributed by atoms with van der Waals surface area (Å²) in [6.07, 6.45) is 3.46. The number of benzene rings is 2. The Labute approximate surface area is 185 Å². The first-order valence-electron chi connectivity index (χ1n) is 10.3. The lowest BCUT2D eigenvalue weighted by Gasteiger charge is -2.31. The summed E-state index contributed by atoms with van der Waals surface area (Å²) in [5.74, 6) is -0.536. The van der Waals surface area contributed by atoms with Crippen molar-refractivity contribution in [3.63, 3.8) is 0 Å². The SMILES string of the molecule is NC(=O)C1CCCN(Cc2ccc(NC(=O)c3c[nH]c(=S)n3-c3ccccc3)cc2)C1. The summed E-state index contributed by atoms with van der Waals surface area (Å²) in [7, 11) is 0. The molecule has 0 aliphatic carbocycles. The zero-order chi connectivity index (χ0) is 21.8. The van der Waals surface area contributed by atoms with Gasteiger partial charge in [0.05, 0.1) is 5.92 Å². The molecule has 2 aromatic carbocycles. The Morgan fingerprint density at radius 3 is 2.58 bits per heavy atom. The van der Waals surface area contributed by atoms with Crippen LogP contribution >= 0.6 is 12.2 Å². The van der Waals surface area contributed by atoms with Gasteiger partial charge in [-0.1, -0.05) is 30.3 Å². The van der Waals surface area contributed by atoms with E-state index in [9.17, 15) is 9.59 Å². The van der Waals surface area contributed by atoms with Gasteiger partial charge in [0.2, 0.25) is 5.91 Å². The number of aromatic amines is 1. The fraction of sp³-hybridized carbons (Fsp3) is 0.261. The van der Waals surface area contributed by atoms with Gasteiger partial charge in [-0.3, -0.25) is 19.1 Å². The molecule has 1 aliphatic heterocycles. The number of carbonyl (C=O) groups is 2. The molecule has 1 atom stereocenters. The number of carbonyl (C=O) groups excluding carboxylic acids is 2. The number of para-hydroxylation sites is 1. The van der Waals surface area contributed by atoms with E-state index in [4.69, 9.17) is 18.0 Å². The van der Waals surface area contributed by atoms with Crippen LogP contribution in [0, 0.1) is 10.7 Å². The first-order valence-corrected chi connectivity index (χ1v) is 10.7. The summed E-state index contributed by atoms with van der Waals surface area (Å²) < 4.78 is 2.17. The Kier molecular flexibility index (Phi) is 6.29. The number of amides is 2. The van der Waals surface area contributed by atoms with Crippen molar-refractivity contribution in [1.29, 1.82) is 0 Å². The molecular formula is C23H25N5O2S. The molecule has 4 rings (SSSR count). The normalized spacial score (nSPS) is 16.7. The van der Waals surface area contributed by atoms with Crippen molar-refractivity contribution >= 4 is 29.7 Å². The van der Waals surface area contributed by atoms with Crippen LogP contribution in [0.2, 0.25) is 0 Å². The number of nitrogens with one attached hydrogen (secondary N) is 2. The first kappa shape index (κ1) is 21.0. The molecule has 31 heavy (non-hydrogen) atoms. The molecule has 7 nitrogen and oxygen atoms in total. The van der Waals surface area contributed by atoms with Gasteiger partial charge in [0.15, 0.2) is 4.77 Å². The molecule has 2 amide bonds. The average Bonchev–Trinajstić information content (AvgIpc) is 3.17. The van der Waals surface area contributed by atoms with E-state index < -0.39 is 0 Å². The average molecular weight is 436 g/mol. The standard InChI is InChI=1S/C23H25N5O2S/c24-21(29)17-5-4-12-27(15-17)14-16-8-10-18(11-9-16)26-22(30)20-13-25-23(31)28(20)19-6-2-1-3-7-19/h1-3,6-11,13,17H,4-5,12,14-15H2,(H2,24,29)(H,25,31)(H,26,30). The predicted molar refractivity (Wildman–Crippen MR) is 123 cm³/mol. The van der Waals surface area contributed by atoms with Crippen LogP contribution < -0.4 is 11.1 Å². The molecule has 1 aromatic heterocycles. The molecule has 3 aromatic rings. The summed E-state index contributed by atoms with van der Waals surface area (Å²) in [4.78, 5) is 29.5. The lowest BCUT2D eigenvalue weighted by Crippen LogP contribution is -2.40. The highest BCUT2D eigenvalue weighted by Gasteiger charge is 2.23. The van der Waals surface area contributed by atoms with E-state index in [-0.39, 0.29) is 17.7 Å². The lowest BCUT2D eigenvalue weighted by molar-refractivity contribution is -0.123. The third-order valence-electron chi connectivity index (χ3n) is 5.55. The van der Waals surface area contributed by atoms with E-state index in [0.717, 1.165) is 37.2 Å². The second-order valence-corrected chi connectivity index (χ2v) is 8.16. The van der Waals surface area contributed by atoms with Gasteiger partial charge in [-0.2, -0.15) is 0 Å². The number of aromatic nitrogens is 2. The number of likely N-dealkylation sites (tertiary alicyclic amines) is 1. The number of anilines is 1. The topological polar surface area (TPSA) is 96.2 Å². The van der Waals surface area contributed by atoms with Crippen LogP contribution in [0.1, 0.15) is 28.9 Å². The number of imidazole rings is 1. The second kappa shape index (κ2) is 9.28. The third kappa shape index (κ3) is 4.92. The second-order valence-electron chi connectivity index (χ2n) is 7.78. The molecule has 160 valence electrons. The zero-order valence-corrected chi connectivity index (χ0v) is 17.9. The third-order valence-corrected chi connectivity index (χ3v) is 5.85. The number of primary amides is 1. The first-order chi connectivity index (χ1) is 15.0. The van der Waals surface area contributed by atoms with Gasteiger partial charge < -0.3 is 16.0 Å². The van der Waals surface area contributed by atoms with Crippen molar-refractivity contribution in [2.24, 2.45) is 11.7 Å². The van der Waals surface area contributed by atoms with E-state index >= 15 is 0 Å². The van der Waals surface area contributed by atoms with Crippen LogP contribution in [0.4, 0.5) is 5.69 Å². The number of rotatable bonds is 6. The van der Waals surface area contributed by atoms with Crippen LogP contribution in [0.25, 0.3) is 5.69 Å². The number of hydrogen-bond donors (Lipinski definition) is 3. The van der Waals surface area contributed by atoms with Crippen molar-refractivity contribution < 1.29 is 9.59 Å². The molecule has 0 saturated carbocycles. The summed E-state index contributed by atoms with van der Waals surface area (Å²) in [6.45, 7) is 2.41. The van der Waals surface area contributed by atoms with E-state index in [1.807, 2.05) is 54.6 Å². The fourth-order valence-electron chi connectivity index (χ4n) is 3.95.